The average Bonchev–Trinajstić information content (AvgIpc) is 2.93. The molecule has 1 aromatic heterocycles. The van der Waals surface area contributed by atoms with Crippen molar-refractivity contribution in [3.63, 3.8) is 0 Å². The molecule has 0 fully saturated rings. The number of nitrogens with one attached hydrogen (secondary N) is 2. The number of sulfonamides is 1. The molecule has 0 atom stereocenters. The van der Waals surface area contributed by atoms with Crippen molar-refractivity contribution in [1.29, 1.82) is 0 Å². The quantitative estimate of drug-likeness (QED) is 0.378. The molecule has 12 heteroatoms. The Balaban J connectivity index is 1.74. The van der Waals surface area contributed by atoms with E-state index in [1.165, 1.54) is 31.2 Å². The van der Waals surface area contributed by atoms with Crippen molar-refractivity contribution in [1.82, 2.24) is 9.99 Å². The molecular formula is C17H16N6O5S. The van der Waals surface area contributed by atoms with Gasteiger partial charge >= 0.3 is 6.03 Å². The Morgan fingerprint density at radius 1 is 1.10 bits per heavy atom. The molecule has 150 valence electrons. The lowest BCUT2D eigenvalue weighted by molar-refractivity contribution is 0.0933. The Labute approximate surface area is 164 Å². The maximum Gasteiger partial charge on any atom is 0.341 e. The Bertz CT molecular complexity index is 1230. The summed E-state index contributed by atoms with van der Waals surface area (Å²) in [7, 11) is -3.83. The van der Waals surface area contributed by atoms with Crippen molar-refractivity contribution < 1.29 is 23.1 Å². The Hall–Kier alpha value is -3.77. The lowest BCUT2D eigenvalue weighted by Crippen LogP contribution is -2.23. The van der Waals surface area contributed by atoms with Crippen LogP contribution in [0.1, 0.15) is 11.7 Å². The molecule has 0 spiro atoms. The number of urea groups is 1. The van der Waals surface area contributed by atoms with E-state index in [1.54, 1.807) is 24.3 Å². The summed E-state index contributed by atoms with van der Waals surface area (Å²) in [5, 5.41) is 25.5. The minimum absolute atomic E-state index is 0.0219. The molecule has 0 saturated heterocycles. The van der Waals surface area contributed by atoms with Gasteiger partial charge in [-0.1, -0.05) is 23.4 Å². The number of primary sulfonamides is 1. The van der Waals surface area contributed by atoms with Crippen molar-refractivity contribution in [2.24, 2.45) is 15.5 Å². The van der Waals surface area contributed by atoms with Crippen LogP contribution in [0.25, 0.3) is 10.9 Å². The topological polar surface area (TPSA) is 168 Å². The molecule has 3 rings (SSSR count). The van der Waals surface area contributed by atoms with Crippen LogP contribution in [0.2, 0.25) is 0 Å². The zero-order valence-electron chi connectivity index (χ0n) is 15.0. The number of rotatable bonds is 4. The molecule has 2 aromatic carbocycles. The SMILES string of the molecule is CC(=O)n1c(O)c(N=NNC(=O)Nc2ccc(S(N)(=O)=O)cc2)c2ccccc21. The van der Waals surface area contributed by atoms with Crippen LogP contribution in [0.3, 0.4) is 0 Å². The van der Waals surface area contributed by atoms with E-state index in [1.807, 2.05) is 0 Å². The van der Waals surface area contributed by atoms with Crippen molar-refractivity contribution in [2.45, 2.75) is 11.8 Å². The first-order chi connectivity index (χ1) is 13.7. The normalized spacial score (nSPS) is 11.7. The Morgan fingerprint density at radius 3 is 2.38 bits per heavy atom. The number of carbonyl (C=O) groups is 2. The van der Waals surface area contributed by atoms with Gasteiger partial charge in [-0.15, -0.1) is 5.11 Å². The first-order valence-corrected chi connectivity index (χ1v) is 9.67. The van der Waals surface area contributed by atoms with Gasteiger partial charge in [0.2, 0.25) is 21.8 Å². The second-order valence-corrected chi connectivity index (χ2v) is 7.44. The average molecular weight is 416 g/mol. The summed E-state index contributed by atoms with van der Waals surface area (Å²) in [6.07, 6.45) is 0. The molecule has 0 bridgehead atoms. The van der Waals surface area contributed by atoms with Crippen molar-refractivity contribution >= 4 is 44.2 Å². The summed E-state index contributed by atoms with van der Waals surface area (Å²) in [5.41, 5.74) is 2.88. The highest BCUT2D eigenvalue weighted by atomic mass is 32.2. The van der Waals surface area contributed by atoms with Gasteiger partial charge in [-0.2, -0.15) is 0 Å². The number of benzene rings is 2. The third-order valence-corrected chi connectivity index (χ3v) is 4.81. The van der Waals surface area contributed by atoms with Gasteiger partial charge in [0.05, 0.1) is 10.4 Å². The number of hydrogen-bond acceptors (Lipinski definition) is 7. The highest BCUT2D eigenvalue weighted by molar-refractivity contribution is 7.89. The summed E-state index contributed by atoms with van der Waals surface area (Å²) < 4.78 is 23.5. The van der Waals surface area contributed by atoms with Crippen LogP contribution in [-0.4, -0.2) is 30.0 Å². The number of amides is 2. The van der Waals surface area contributed by atoms with Gasteiger partial charge in [0.15, 0.2) is 5.69 Å². The summed E-state index contributed by atoms with van der Waals surface area (Å²) in [4.78, 5) is 23.6. The van der Waals surface area contributed by atoms with Gasteiger partial charge in [-0.3, -0.25) is 4.79 Å². The van der Waals surface area contributed by atoms with Crippen molar-refractivity contribution in [3.05, 3.63) is 48.5 Å². The maximum atomic E-state index is 11.9. The van der Waals surface area contributed by atoms with Gasteiger partial charge in [0, 0.05) is 18.0 Å². The number of aromatic hydroxyl groups is 1. The van der Waals surface area contributed by atoms with Crippen LogP contribution in [0, 0.1) is 0 Å². The first kappa shape index (κ1) is 20.0. The van der Waals surface area contributed by atoms with Crippen molar-refractivity contribution in [3.8, 4) is 5.88 Å². The van der Waals surface area contributed by atoms with Crippen LogP contribution in [-0.2, 0) is 10.0 Å². The number of anilines is 1. The molecular weight excluding hydrogens is 400 g/mol. The fraction of sp³-hybridized carbons (Fsp3) is 0.0588. The summed E-state index contributed by atoms with van der Waals surface area (Å²) in [6.45, 7) is 1.29. The van der Waals surface area contributed by atoms with Gasteiger partial charge in [-0.05, 0) is 30.3 Å². The van der Waals surface area contributed by atoms with E-state index in [9.17, 15) is 23.1 Å². The largest absolute Gasteiger partial charge is 0.493 e. The van der Waals surface area contributed by atoms with Crippen LogP contribution in [0.5, 0.6) is 5.88 Å². The summed E-state index contributed by atoms with van der Waals surface area (Å²) >= 11 is 0. The van der Waals surface area contributed by atoms with Crippen LogP contribution in [0.4, 0.5) is 16.2 Å². The molecule has 1 heterocycles. The van der Waals surface area contributed by atoms with E-state index in [0.717, 1.165) is 4.57 Å². The fourth-order valence-electron chi connectivity index (χ4n) is 2.63. The molecule has 0 unspecified atom stereocenters. The molecule has 5 N–H and O–H groups in total. The van der Waals surface area contributed by atoms with E-state index in [-0.39, 0.29) is 10.6 Å². The van der Waals surface area contributed by atoms with Gasteiger partial charge in [0.1, 0.15) is 0 Å². The second kappa shape index (κ2) is 7.69. The van der Waals surface area contributed by atoms with Gasteiger partial charge in [0.25, 0.3) is 0 Å². The zero-order chi connectivity index (χ0) is 21.2. The molecule has 0 aliphatic rings. The third kappa shape index (κ3) is 4.23. The molecule has 3 aromatic rings. The smallest absolute Gasteiger partial charge is 0.341 e. The molecule has 0 radical (unpaired) electrons. The number of hydrogen-bond donors (Lipinski definition) is 4. The Kier molecular flexibility index (Phi) is 5.30. The van der Waals surface area contributed by atoms with Crippen LogP contribution >= 0.6 is 0 Å². The lowest BCUT2D eigenvalue weighted by atomic mass is 10.2. The number of nitrogens with two attached hydrogens (primary N) is 1. The monoisotopic (exact) mass is 416 g/mol. The standard InChI is InChI=1S/C17H16N6O5S/c1-10(24)23-14-5-3-2-4-13(14)15(16(23)25)20-22-21-17(26)19-11-6-8-12(9-7-11)29(18,27)28/h2-9,25H,1H3,(H2,18,27,28)(H2,19,20,21,26). The van der Waals surface area contributed by atoms with Crippen molar-refractivity contribution in [2.75, 3.05) is 5.32 Å². The van der Waals surface area contributed by atoms with Crippen LogP contribution in [0.15, 0.2) is 63.8 Å². The zero-order valence-corrected chi connectivity index (χ0v) is 15.8. The number of carbonyl (C=O) groups excluding carboxylic acids is 2. The maximum absolute atomic E-state index is 11.9. The number of fused-ring (bicyclic) bond motifs is 1. The molecule has 0 saturated carbocycles. The number of para-hydroxylation sites is 1. The molecule has 29 heavy (non-hydrogen) atoms. The van der Waals surface area contributed by atoms with Gasteiger partial charge in [-0.25, -0.2) is 28.3 Å². The minimum Gasteiger partial charge on any atom is -0.493 e. The van der Waals surface area contributed by atoms with E-state index in [4.69, 9.17) is 5.14 Å². The number of nitrogens with zero attached hydrogens (tertiary/aromatic N) is 3. The highest BCUT2D eigenvalue weighted by Crippen LogP contribution is 2.38. The van der Waals surface area contributed by atoms with E-state index in [0.29, 0.717) is 16.6 Å². The first-order valence-electron chi connectivity index (χ1n) is 8.12. The fourth-order valence-corrected chi connectivity index (χ4v) is 3.15. The molecule has 0 aliphatic carbocycles. The van der Waals surface area contributed by atoms with E-state index < -0.39 is 27.8 Å². The molecule has 2 amide bonds. The third-order valence-electron chi connectivity index (χ3n) is 3.88. The van der Waals surface area contributed by atoms with E-state index in [2.05, 4.69) is 21.1 Å². The summed E-state index contributed by atoms with van der Waals surface area (Å²) in [6, 6.07) is 11.1. The highest BCUT2D eigenvalue weighted by Gasteiger charge is 2.18. The second-order valence-electron chi connectivity index (χ2n) is 5.88. The minimum atomic E-state index is -3.83. The van der Waals surface area contributed by atoms with E-state index >= 15 is 0 Å². The molecule has 11 nitrogen and oxygen atoms in total. The predicted octanol–water partition coefficient (Wildman–Crippen LogP) is 2.47. The Morgan fingerprint density at radius 2 is 1.76 bits per heavy atom. The summed E-state index contributed by atoms with van der Waals surface area (Å²) in [5.74, 6) is -0.808. The lowest BCUT2D eigenvalue weighted by Gasteiger charge is -2.04. The van der Waals surface area contributed by atoms with Crippen LogP contribution < -0.4 is 15.9 Å². The van der Waals surface area contributed by atoms with Gasteiger partial charge < -0.3 is 10.4 Å². The molecule has 0 aliphatic heterocycles. The number of aromatic nitrogens is 1. The predicted molar refractivity (Wildman–Crippen MR) is 104 cm³/mol.